The minimum absolute atomic E-state index is 0.478. The second-order valence-electron chi connectivity index (χ2n) is 9.16. The quantitative estimate of drug-likeness (QED) is 0.542. The molecule has 7 nitrogen and oxygen atoms in total. The van der Waals surface area contributed by atoms with Gasteiger partial charge in [0.1, 0.15) is 5.82 Å². The van der Waals surface area contributed by atoms with E-state index in [1.165, 1.54) is 16.0 Å². The summed E-state index contributed by atoms with van der Waals surface area (Å²) in [7, 11) is 0. The van der Waals surface area contributed by atoms with Crippen LogP contribution in [0.3, 0.4) is 0 Å². The van der Waals surface area contributed by atoms with Crippen LogP contribution in [0.1, 0.15) is 16.8 Å². The predicted molar refractivity (Wildman–Crippen MR) is 138 cm³/mol. The van der Waals surface area contributed by atoms with Crippen molar-refractivity contribution in [1.82, 2.24) is 14.9 Å². The summed E-state index contributed by atoms with van der Waals surface area (Å²) in [6.07, 6.45) is 2.09. The number of para-hydroxylation sites is 2. The van der Waals surface area contributed by atoms with Gasteiger partial charge < -0.3 is 20.7 Å². The van der Waals surface area contributed by atoms with Gasteiger partial charge in [0.25, 0.3) is 0 Å². The number of rotatable bonds is 5. The standard InChI is InChI=1S/C26H30N6OS/c27-21-7-3-4-8-22(21)28-26-29-23-15-20(17-31-10-9-18-5-1-2-6-19(18)16-31)34-24(23)25(30-26)32-11-13-33-14-12-32/h1-8,20H,9-17,27H2,(H,28,29,30). The first kappa shape index (κ1) is 21.7. The third kappa shape index (κ3) is 4.45. The molecule has 3 aliphatic rings. The zero-order valence-corrected chi connectivity index (χ0v) is 20.1. The number of hydrogen-bond donors (Lipinski definition) is 2. The summed E-state index contributed by atoms with van der Waals surface area (Å²) < 4.78 is 5.60. The van der Waals surface area contributed by atoms with Crippen LogP contribution >= 0.6 is 11.8 Å². The van der Waals surface area contributed by atoms with Gasteiger partial charge in [-0.2, -0.15) is 4.98 Å². The molecule has 6 rings (SSSR count). The van der Waals surface area contributed by atoms with Crippen molar-refractivity contribution in [3.05, 3.63) is 65.4 Å². The zero-order valence-electron chi connectivity index (χ0n) is 19.2. The first-order chi connectivity index (χ1) is 16.7. The Bertz CT molecular complexity index is 1180. The van der Waals surface area contributed by atoms with Crippen LogP contribution in [0.4, 0.5) is 23.1 Å². The molecule has 3 N–H and O–H groups in total. The van der Waals surface area contributed by atoms with Crippen molar-refractivity contribution in [3.8, 4) is 0 Å². The molecular formula is C26H30N6OS. The molecule has 3 aliphatic heterocycles. The normalized spacial score (nSPS) is 20.1. The van der Waals surface area contributed by atoms with E-state index >= 15 is 0 Å². The highest BCUT2D eigenvalue weighted by molar-refractivity contribution is 8.00. The van der Waals surface area contributed by atoms with E-state index in [4.69, 9.17) is 20.4 Å². The van der Waals surface area contributed by atoms with Gasteiger partial charge in [-0.3, -0.25) is 4.90 Å². The Morgan fingerprint density at radius 2 is 1.79 bits per heavy atom. The Kier molecular flexibility index (Phi) is 6.03. The van der Waals surface area contributed by atoms with Crippen molar-refractivity contribution >= 4 is 34.9 Å². The van der Waals surface area contributed by atoms with Crippen molar-refractivity contribution in [2.75, 3.05) is 55.3 Å². The molecule has 1 unspecified atom stereocenters. The number of morpholine rings is 1. The number of ether oxygens (including phenoxy) is 1. The molecule has 1 atom stereocenters. The molecule has 0 bridgehead atoms. The van der Waals surface area contributed by atoms with Crippen LogP contribution in [0.25, 0.3) is 0 Å². The van der Waals surface area contributed by atoms with Gasteiger partial charge >= 0.3 is 0 Å². The molecule has 1 aromatic heterocycles. The fourth-order valence-electron chi connectivity index (χ4n) is 5.04. The van der Waals surface area contributed by atoms with Gasteiger partial charge in [0.15, 0.2) is 0 Å². The second kappa shape index (κ2) is 9.44. The summed E-state index contributed by atoms with van der Waals surface area (Å²) in [5.41, 5.74) is 11.8. The highest BCUT2D eigenvalue weighted by atomic mass is 32.2. The van der Waals surface area contributed by atoms with Crippen molar-refractivity contribution in [1.29, 1.82) is 0 Å². The Balaban J connectivity index is 1.24. The third-order valence-corrected chi connectivity index (χ3v) is 8.12. The van der Waals surface area contributed by atoms with Gasteiger partial charge in [0.2, 0.25) is 5.95 Å². The molecule has 0 saturated carbocycles. The Labute approximate surface area is 204 Å². The monoisotopic (exact) mass is 474 g/mol. The number of nitrogens with two attached hydrogens (primary N) is 1. The average molecular weight is 475 g/mol. The molecule has 8 heteroatoms. The summed E-state index contributed by atoms with van der Waals surface area (Å²) in [6.45, 7) is 6.38. The Morgan fingerprint density at radius 1 is 1.00 bits per heavy atom. The highest BCUT2D eigenvalue weighted by Crippen LogP contribution is 2.43. The molecule has 1 saturated heterocycles. The topological polar surface area (TPSA) is 79.5 Å². The lowest BCUT2D eigenvalue weighted by Gasteiger charge is -2.31. The highest BCUT2D eigenvalue weighted by Gasteiger charge is 2.32. The smallest absolute Gasteiger partial charge is 0.229 e. The van der Waals surface area contributed by atoms with Crippen LogP contribution < -0.4 is 16.0 Å². The summed E-state index contributed by atoms with van der Waals surface area (Å²) in [6, 6.07) is 16.6. The van der Waals surface area contributed by atoms with E-state index in [2.05, 4.69) is 39.4 Å². The van der Waals surface area contributed by atoms with E-state index in [9.17, 15) is 0 Å². The molecule has 2 aromatic carbocycles. The lowest BCUT2D eigenvalue weighted by molar-refractivity contribution is 0.122. The maximum Gasteiger partial charge on any atom is 0.229 e. The van der Waals surface area contributed by atoms with E-state index in [1.807, 2.05) is 36.0 Å². The number of fused-ring (bicyclic) bond motifs is 2. The van der Waals surface area contributed by atoms with Crippen molar-refractivity contribution < 1.29 is 4.74 Å². The summed E-state index contributed by atoms with van der Waals surface area (Å²) in [4.78, 5) is 16.1. The van der Waals surface area contributed by atoms with Gasteiger partial charge in [-0.25, -0.2) is 4.98 Å². The van der Waals surface area contributed by atoms with E-state index in [-0.39, 0.29) is 0 Å². The SMILES string of the molecule is Nc1ccccc1Nc1nc2c(c(N3CCOCC3)n1)SC(CN1CCc3ccccc3C1)C2. The molecule has 0 radical (unpaired) electrons. The first-order valence-corrected chi connectivity index (χ1v) is 12.9. The van der Waals surface area contributed by atoms with Gasteiger partial charge in [0.05, 0.1) is 35.2 Å². The number of anilines is 4. The predicted octanol–water partition coefficient (Wildman–Crippen LogP) is 3.71. The fraction of sp³-hybridized carbons (Fsp3) is 0.385. The lowest BCUT2D eigenvalue weighted by atomic mass is 10.00. The largest absolute Gasteiger partial charge is 0.397 e. The molecule has 0 aliphatic carbocycles. The number of nitrogens with zero attached hydrogens (tertiary/aromatic N) is 4. The number of thioether (sulfide) groups is 1. The molecule has 3 aromatic rings. The Morgan fingerprint density at radius 3 is 2.65 bits per heavy atom. The maximum absolute atomic E-state index is 6.17. The van der Waals surface area contributed by atoms with Crippen LogP contribution in [0.5, 0.6) is 0 Å². The average Bonchev–Trinajstić information content (AvgIpc) is 3.27. The van der Waals surface area contributed by atoms with Crippen molar-refractivity contribution in [2.45, 2.75) is 29.5 Å². The van der Waals surface area contributed by atoms with Crippen molar-refractivity contribution in [2.24, 2.45) is 0 Å². The number of nitrogens with one attached hydrogen (secondary N) is 1. The first-order valence-electron chi connectivity index (χ1n) is 12.0. The minimum atomic E-state index is 0.478. The van der Waals surface area contributed by atoms with Gasteiger partial charge in [-0.05, 0) is 29.7 Å². The van der Waals surface area contributed by atoms with E-state index < -0.39 is 0 Å². The third-order valence-electron chi connectivity index (χ3n) is 6.81. The number of nitrogen functional groups attached to an aromatic ring is 1. The van der Waals surface area contributed by atoms with Crippen LogP contribution in [0.2, 0.25) is 0 Å². The van der Waals surface area contributed by atoms with Gasteiger partial charge in [-0.1, -0.05) is 36.4 Å². The van der Waals surface area contributed by atoms with Crippen LogP contribution in [-0.2, 0) is 24.1 Å². The minimum Gasteiger partial charge on any atom is -0.397 e. The van der Waals surface area contributed by atoms with E-state index in [0.29, 0.717) is 16.9 Å². The van der Waals surface area contributed by atoms with Crippen LogP contribution in [0, 0.1) is 0 Å². The zero-order chi connectivity index (χ0) is 22.9. The molecule has 0 amide bonds. The summed E-state index contributed by atoms with van der Waals surface area (Å²) in [5, 5.41) is 3.84. The summed E-state index contributed by atoms with van der Waals surface area (Å²) >= 11 is 1.95. The Hall–Kier alpha value is -2.81. The summed E-state index contributed by atoms with van der Waals surface area (Å²) in [5.74, 6) is 1.65. The van der Waals surface area contributed by atoms with Crippen LogP contribution in [-0.4, -0.2) is 59.5 Å². The molecule has 1 fully saturated rings. The number of hydrogen-bond acceptors (Lipinski definition) is 8. The van der Waals surface area contributed by atoms with Crippen LogP contribution in [0.15, 0.2) is 53.4 Å². The number of aromatic nitrogens is 2. The molecule has 4 heterocycles. The molecule has 176 valence electrons. The number of benzene rings is 2. The van der Waals surface area contributed by atoms with Gasteiger partial charge in [-0.15, -0.1) is 11.8 Å². The fourth-order valence-corrected chi connectivity index (χ4v) is 6.45. The second-order valence-corrected chi connectivity index (χ2v) is 10.5. The lowest BCUT2D eigenvalue weighted by Crippen LogP contribution is -2.37. The molecular weight excluding hydrogens is 444 g/mol. The van der Waals surface area contributed by atoms with Crippen molar-refractivity contribution in [3.63, 3.8) is 0 Å². The molecule has 0 spiro atoms. The maximum atomic E-state index is 6.17. The van der Waals surface area contributed by atoms with Gasteiger partial charge in [0, 0.05) is 44.4 Å². The molecule has 34 heavy (non-hydrogen) atoms. The van der Waals surface area contributed by atoms with E-state index in [0.717, 1.165) is 76.0 Å². The van der Waals surface area contributed by atoms with E-state index in [1.54, 1.807) is 0 Å².